The molecular weight excluding hydrogens is 504 g/mol. The first-order valence-electron chi connectivity index (χ1n) is 12.8. The average molecular weight is 537 g/mol. The van der Waals surface area contributed by atoms with Gasteiger partial charge in [-0.25, -0.2) is 13.3 Å². The number of tetrazole rings is 1. The Kier molecular flexibility index (Phi) is 7.30. The molecule has 0 fully saturated rings. The Hall–Kier alpha value is -4.30. The standard InChI is InChI=1S/C31H32N6OS/c1-31(2,3)37-30(32-34-35-37)29(33-39(4,38)28-18-12-7-13-19-28)24-20-22-27(23-21-24)36(25-14-8-5-9-15-25)26-16-10-6-11-17-26/h5-23,29H,1-4H3. The minimum Gasteiger partial charge on any atom is -0.311 e. The highest BCUT2D eigenvalue weighted by Crippen LogP contribution is 2.36. The summed E-state index contributed by atoms with van der Waals surface area (Å²) < 4.78 is 20.6. The lowest BCUT2D eigenvalue weighted by atomic mass is 10.0. The van der Waals surface area contributed by atoms with Crippen LogP contribution in [0.4, 0.5) is 17.1 Å². The number of rotatable bonds is 7. The molecule has 4 aromatic carbocycles. The zero-order valence-corrected chi connectivity index (χ0v) is 23.4. The summed E-state index contributed by atoms with van der Waals surface area (Å²) in [4.78, 5) is 2.86. The molecule has 1 aromatic heterocycles. The quantitative estimate of drug-likeness (QED) is 0.221. The van der Waals surface area contributed by atoms with Crippen LogP contribution in [0.2, 0.25) is 0 Å². The number of anilines is 3. The minimum atomic E-state index is -2.75. The molecule has 0 spiro atoms. The lowest BCUT2D eigenvalue weighted by molar-refractivity contribution is 0.331. The summed E-state index contributed by atoms with van der Waals surface area (Å²) in [5, 5.41) is 12.6. The van der Waals surface area contributed by atoms with Crippen LogP contribution >= 0.6 is 0 Å². The minimum absolute atomic E-state index is 0.384. The largest absolute Gasteiger partial charge is 0.311 e. The van der Waals surface area contributed by atoms with E-state index in [9.17, 15) is 4.21 Å². The summed E-state index contributed by atoms with van der Waals surface area (Å²) in [6.45, 7) is 6.10. The molecule has 2 atom stereocenters. The normalized spacial score (nSPS) is 13.8. The molecule has 0 saturated heterocycles. The molecule has 5 rings (SSSR count). The van der Waals surface area contributed by atoms with Crippen molar-refractivity contribution in [2.24, 2.45) is 4.36 Å². The maximum Gasteiger partial charge on any atom is 0.181 e. The van der Waals surface area contributed by atoms with Crippen molar-refractivity contribution < 1.29 is 4.21 Å². The van der Waals surface area contributed by atoms with Crippen LogP contribution in [0, 0.1) is 0 Å². The second-order valence-corrected chi connectivity index (χ2v) is 12.6. The van der Waals surface area contributed by atoms with E-state index < -0.39 is 15.8 Å². The van der Waals surface area contributed by atoms with Gasteiger partial charge in [-0.1, -0.05) is 66.7 Å². The molecule has 2 unspecified atom stereocenters. The van der Waals surface area contributed by atoms with Crippen molar-refractivity contribution in [3.8, 4) is 0 Å². The molecule has 0 N–H and O–H groups in total. The fourth-order valence-electron chi connectivity index (χ4n) is 4.44. The Morgan fingerprint density at radius 3 is 1.74 bits per heavy atom. The number of benzene rings is 4. The van der Waals surface area contributed by atoms with Crippen LogP contribution in [0.25, 0.3) is 0 Å². The molecule has 0 aliphatic carbocycles. The Labute approximate surface area is 230 Å². The van der Waals surface area contributed by atoms with Crippen LogP contribution in [-0.2, 0) is 15.3 Å². The third-order valence-electron chi connectivity index (χ3n) is 6.36. The van der Waals surface area contributed by atoms with Crippen molar-refractivity contribution >= 4 is 26.8 Å². The maximum atomic E-state index is 13.9. The molecule has 0 aliphatic heterocycles. The van der Waals surface area contributed by atoms with Gasteiger partial charge in [0.25, 0.3) is 0 Å². The number of para-hydroxylation sites is 2. The Bertz CT molecular complexity index is 1600. The zero-order valence-electron chi connectivity index (χ0n) is 22.5. The molecule has 198 valence electrons. The van der Waals surface area contributed by atoms with Gasteiger partial charge in [-0.05, 0) is 85.3 Å². The lowest BCUT2D eigenvalue weighted by Crippen LogP contribution is -2.27. The smallest absolute Gasteiger partial charge is 0.181 e. The maximum absolute atomic E-state index is 13.9. The van der Waals surface area contributed by atoms with Gasteiger partial charge in [0, 0.05) is 28.2 Å². The van der Waals surface area contributed by atoms with Gasteiger partial charge in [0.2, 0.25) is 0 Å². The van der Waals surface area contributed by atoms with Crippen LogP contribution in [0.1, 0.15) is 38.2 Å². The first-order valence-corrected chi connectivity index (χ1v) is 14.7. The highest BCUT2D eigenvalue weighted by Gasteiger charge is 2.28. The summed E-state index contributed by atoms with van der Waals surface area (Å²) in [6.07, 6.45) is 1.67. The SMILES string of the molecule is CC(C)(C)n1nnnc1C(N=S(C)(=O)c1ccccc1)c1ccc(N(c2ccccc2)c2ccccc2)cc1. The van der Waals surface area contributed by atoms with Crippen LogP contribution in [-0.4, -0.2) is 30.7 Å². The van der Waals surface area contributed by atoms with Crippen molar-refractivity contribution in [1.29, 1.82) is 0 Å². The third kappa shape index (κ3) is 5.76. The highest BCUT2D eigenvalue weighted by molar-refractivity contribution is 7.93. The van der Waals surface area contributed by atoms with Gasteiger partial charge in [-0.15, -0.1) is 5.10 Å². The third-order valence-corrected chi connectivity index (χ3v) is 8.12. The first-order chi connectivity index (χ1) is 18.7. The van der Waals surface area contributed by atoms with E-state index >= 15 is 0 Å². The Balaban J connectivity index is 1.63. The molecule has 1 heterocycles. The first kappa shape index (κ1) is 26.3. The average Bonchev–Trinajstić information content (AvgIpc) is 3.45. The summed E-state index contributed by atoms with van der Waals surface area (Å²) >= 11 is 0. The molecule has 0 radical (unpaired) electrons. The van der Waals surface area contributed by atoms with E-state index in [0.29, 0.717) is 10.7 Å². The monoisotopic (exact) mass is 536 g/mol. The topological polar surface area (TPSA) is 76.3 Å². The van der Waals surface area contributed by atoms with Gasteiger partial charge in [0.1, 0.15) is 6.04 Å². The molecule has 0 aliphatic rings. The van der Waals surface area contributed by atoms with Crippen molar-refractivity contribution in [3.63, 3.8) is 0 Å². The lowest BCUT2D eigenvalue weighted by Gasteiger charge is -2.26. The molecule has 7 nitrogen and oxygen atoms in total. The van der Waals surface area contributed by atoms with E-state index in [1.165, 1.54) is 0 Å². The van der Waals surface area contributed by atoms with Crippen molar-refractivity contribution in [2.75, 3.05) is 11.2 Å². The second kappa shape index (κ2) is 10.8. The van der Waals surface area contributed by atoms with Crippen molar-refractivity contribution in [2.45, 2.75) is 37.2 Å². The molecule has 39 heavy (non-hydrogen) atoms. The van der Waals surface area contributed by atoms with E-state index in [1.807, 2.05) is 99.6 Å². The summed E-state index contributed by atoms with van der Waals surface area (Å²) in [5.41, 5.74) is 3.56. The van der Waals surface area contributed by atoms with Crippen LogP contribution in [0.5, 0.6) is 0 Å². The summed E-state index contributed by atoms with van der Waals surface area (Å²) in [6, 6.07) is 37.3. The van der Waals surface area contributed by atoms with Gasteiger partial charge in [-0.3, -0.25) is 0 Å². The number of hydrogen-bond donors (Lipinski definition) is 0. The van der Waals surface area contributed by atoms with Gasteiger partial charge in [0.05, 0.1) is 15.3 Å². The molecule has 5 aromatic rings. The molecule has 8 heteroatoms. The van der Waals surface area contributed by atoms with Crippen LogP contribution < -0.4 is 4.90 Å². The van der Waals surface area contributed by atoms with Gasteiger partial charge >= 0.3 is 0 Å². The molecule has 0 amide bonds. The molecule has 0 bridgehead atoms. The van der Waals surface area contributed by atoms with E-state index in [2.05, 4.69) is 56.8 Å². The van der Waals surface area contributed by atoms with E-state index in [4.69, 9.17) is 4.36 Å². The highest BCUT2D eigenvalue weighted by atomic mass is 32.2. The predicted octanol–water partition coefficient (Wildman–Crippen LogP) is 7.14. The van der Waals surface area contributed by atoms with Crippen LogP contribution in [0.3, 0.4) is 0 Å². The fourth-order valence-corrected chi connectivity index (χ4v) is 5.84. The Morgan fingerprint density at radius 1 is 0.744 bits per heavy atom. The van der Waals surface area contributed by atoms with Gasteiger partial charge < -0.3 is 4.90 Å². The van der Waals surface area contributed by atoms with Crippen molar-refractivity contribution in [1.82, 2.24) is 20.2 Å². The summed E-state index contributed by atoms with van der Waals surface area (Å²) in [5.74, 6) is 0.545. The number of hydrogen-bond acceptors (Lipinski definition) is 6. The summed E-state index contributed by atoms with van der Waals surface area (Å²) in [7, 11) is -2.75. The van der Waals surface area contributed by atoms with Gasteiger partial charge in [-0.2, -0.15) is 0 Å². The predicted molar refractivity (Wildman–Crippen MR) is 157 cm³/mol. The van der Waals surface area contributed by atoms with Crippen molar-refractivity contribution in [3.05, 3.63) is 127 Å². The Morgan fingerprint density at radius 2 is 1.23 bits per heavy atom. The molecule has 0 saturated carbocycles. The van der Waals surface area contributed by atoms with E-state index in [0.717, 1.165) is 22.6 Å². The molecular formula is C31H32N6OS. The zero-order chi connectivity index (χ0) is 27.5. The van der Waals surface area contributed by atoms with E-state index in [1.54, 1.807) is 10.9 Å². The number of nitrogens with zero attached hydrogens (tertiary/aromatic N) is 6. The second-order valence-electron chi connectivity index (χ2n) is 10.3. The van der Waals surface area contributed by atoms with E-state index in [-0.39, 0.29) is 5.54 Å². The van der Waals surface area contributed by atoms with Crippen LogP contribution in [0.15, 0.2) is 125 Å². The van der Waals surface area contributed by atoms with Gasteiger partial charge in [0.15, 0.2) is 5.82 Å². The fraction of sp³-hybridized carbons (Fsp3) is 0.194. The number of aromatic nitrogens is 4.